The van der Waals surface area contributed by atoms with Crippen LogP contribution in [0.5, 0.6) is 0 Å². The molecule has 0 unspecified atom stereocenters. The first-order valence-electron chi connectivity index (χ1n) is 2.43. The van der Waals surface area contributed by atoms with Gasteiger partial charge in [-0.05, 0) is 0 Å². The molecule has 1 N–H and O–H groups in total. The number of rotatable bonds is 2. The summed E-state index contributed by atoms with van der Waals surface area (Å²) in [5, 5.41) is 0.934. The maximum absolute atomic E-state index is 10.6. The summed E-state index contributed by atoms with van der Waals surface area (Å²) in [5.41, 5.74) is 0. The van der Waals surface area contributed by atoms with Crippen LogP contribution in [0.25, 0.3) is 0 Å². The van der Waals surface area contributed by atoms with Crippen molar-refractivity contribution >= 4 is 13.8 Å². The molecule has 0 bridgehead atoms. The van der Waals surface area contributed by atoms with E-state index in [9.17, 15) is 3.74 Å². The molecule has 0 radical (unpaired) electrons. The van der Waals surface area contributed by atoms with E-state index in [1.54, 1.807) is 13.8 Å². The first kappa shape index (κ1) is 7.32. The molecule has 44 valence electrons. The van der Waals surface area contributed by atoms with Gasteiger partial charge in [0.15, 0.2) is 0 Å². The first-order valence-corrected chi connectivity index (χ1v) is 6.69. The van der Waals surface area contributed by atoms with Crippen molar-refractivity contribution in [1.82, 2.24) is 0 Å². The van der Waals surface area contributed by atoms with Crippen molar-refractivity contribution in [1.29, 1.82) is 0 Å². The summed E-state index contributed by atoms with van der Waals surface area (Å²) in [6, 6.07) is 0. The molecule has 2 nitrogen and oxygen atoms in total. The Morgan fingerprint density at radius 2 is 1.71 bits per heavy atom. The Labute approximate surface area is 46.6 Å². The van der Waals surface area contributed by atoms with E-state index in [0.717, 1.165) is 0 Å². The second-order valence-corrected chi connectivity index (χ2v) is 7.68. The third-order valence-electron chi connectivity index (χ3n) is 0.988. The van der Waals surface area contributed by atoms with Crippen LogP contribution in [0, 0.1) is 0 Å². The van der Waals surface area contributed by atoms with Crippen LogP contribution in [0.2, 0.25) is 10.4 Å². The Morgan fingerprint density at radius 3 is 1.71 bits per heavy atom. The summed E-state index contributed by atoms with van der Waals surface area (Å²) >= 11 is -3.19. The molecule has 0 amide bonds. The molecule has 0 rings (SSSR count). The Balaban J connectivity index is 3.61. The quantitative estimate of drug-likeness (QED) is 0.618. The molecule has 0 heterocycles. The van der Waals surface area contributed by atoms with Crippen molar-refractivity contribution in [3.8, 4) is 0 Å². The molecule has 0 fully saturated rings. The topological polar surface area (TPSA) is 37.3 Å². The van der Waals surface area contributed by atoms with Crippen molar-refractivity contribution in [2.75, 3.05) is 0 Å². The van der Waals surface area contributed by atoms with Crippen molar-refractivity contribution in [2.45, 2.75) is 24.3 Å². The van der Waals surface area contributed by atoms with Gasteiger partial charge >= 0.3 is 45.9 Å². The zero-order valence-electron chi connectivity index (χ0n) is 4.72. The molecule has 0 aliphatic carbocycles. The molecule has 0 atom stereocenters. The molecule has 0 aliphatic rings. The SMILES string of the molecule is CC[As](=O)(O)CC. The van der Waals surface area contributed by atoms with Gasteiger partial charge in [0.1, 0.15) is 0 Å². The Bertz CT molecular complexity index is 81.7. The van der Waals surface area contributed by atoms with E-state index in [-0.39, 0.29) is 0 Å². The van der Waals surface area contributed by atoms with Crippen LogP contribution in [-0.4, -0.2) is 17.9 Å². The molecule has 0 aromatic heterocycles. The molecule has 0 aromatic rings. The standard InChI is InChI=1S/C4H11AsO2/c1-3-5(6,7)4-2/h3-4H2,1-2H3,(H,6,7). The molecule has 0 aromatic carbocycles. The van der Waals surface area contributed by atoms with E-state index >= 15 is 0 Å². The molecule has 0 spiro atoms. The molecular weight excluding hydrogens is 155 g/mol. The summed E-state index contributed by atoms with van der Waals surface area (Å²) in [4.78, 5) is 0. The first-order chi connectivity index (χ1) is 3.12. The van der Waals surface area contributed by atoms with Crippen molar-refractivity contribution in [3.63, 3.8) is 0 Å². The number of hydrogen-bond donors (Lipinski definition) is 1. The fourth-order valence-electron chi connectivity index (χ4n) is 0.224. The van der Waals surface area contributed by atoms with Crippen LogP contribution in [0.15, 0.2) is 0 Å². The second kappa shape index (κ2) is 2.58. The monoisotopic (exact) mass is 166 g/mol. The second-order valence-electron chi connectivity index (χ2n) is 1.48. The normalized spacial score (nSPS) is 11.9. The Hall–Kier alpha value is 0.318. The summed E-state index contributed by atoms with van der Waals surface area (Å²) in [6.45, 7) is 3.51. The fraction of sp³-hybridized carbons (Fsp3) is 1.00. The summed E-state index contributed by atoms with van der Waals surface area (Å²) < 4.78 is 19.3. The average Bonchev–Trinajstić information content (AvgIpc) is 1.68. The molecule has 0 saturated carbocycles. The van der Waals surface area contributed by atoms with Gasteiger partial charge in [0, 0.05) is 0 Å². The predicted octanol–water partition coefficient (Wildman–Crippen LogP) is 0.891. The zero-order valence-corrected chi connectivity index (χ0v) is 6.59. The maximum atomic E-state index is 10.6. The van der Waals surface area contributed by atoms with Crippen LogP contribution >= 0.6 is 0 Å². The summed E-state index contributed by atoms with van der Waals surface area (Å²) in [5.74, 6) is 0. The third kappa shape index (κ3) is 2.95. The fourth-order valence-corrected chi connectivity index (χ4v) is 1.16. The van der Waals surface area contributed by atoms with Gasteiger partial charge in [0.25, 0.3) is 0 Å². The van der Waals surface area contributed by atoms with Crippen LogP contribution in [-0.2, 0) is 3.74 Å². The van der Waals surface area contributed by atoms with E-state index in [4.69, 9.17) is 4.10 Å². The van der Waals surface area contributed by atoms with E-state index in [1.165, 1.54) is 0 Å². The molecule has 0 saturated heterocycles. The van der Waals surface area contributed by atoms with Crippen molar-refractivity contribution in [2.24, 2.45) is 0 Å². The van der Waals surface area contributed by atoms with Gasteiger partial charge in [0.05, 0.1) is 0 Å². The minimum atomic E-state index is -3.19. The van der Waals surface area contributed by atoms with Crippen LogP contribution in [0.4, 0.5) is 0 Å². The van der Waals surface area contributed by atoms with Crippen LogP contribution in [0.1, 0.15) is 13.8 Å². The third-order valence-corrected chi connectivity index (χ3v) is 5.14. The predicted molar refractivity (Wildman–Crippen MR) is 29.6 cm³/mol. The van der Waals surface area contributed by atoms with E-state index in [1.807, 2.05) is 0 Å². The van der Waals surface area contributed by atoms with Gasteiger partial charge in [-0.3, -0.25) is 0 Å². The van der Waals surface area contributed by atoms with Crippen LogP contribution < -0.4 is 0 Å². The number of hydrogen-bond acceptors (Lipinski definition) is 1. The van der Waals surface area contributed by atoms with Gasteiger partial charge in [0.2, 0.25) is 0 Å². The Morgan fingerprint density at radius 1 is 1.43 bits per heavy atom. The molecular formula is C4H11AsO2. The van der Waals surface area contributed by atoms with Crippen LogP contribution in [0.3, 0.4) is 0 Å². The molecule has 3 heteroatoms. The minimum absolute atomic E-state index is 0.467. The van der Waals surface area contributed by atoms with Gasteiger partial charge in [-0.2, -0.15) is 0 Å². The Kier molecular flexibility index (Phi) is 2.70. The van der Waals surface area contributed by atoms with E-state index in [2.05, 4.69) is 0 Å². The zero-order chi connectivity index (χ0) is 5.91. The summed E-state index contributed by atoms with van der Waals surface area (Å²) in [7, 11) is 0. The molecule has 0 aliphatic heterocycles. The van der Waals surface area contributed by atoms with E-state index < -0.39 is 13.8 Å². The van der Waals surface area contributed by atoms with Gasteiger partial charge < -0.3 is 0 Å². The van der Waals surface area contributed by atoms with Gasteiger partial charge in [-0.15, -0.1) is 0 Å². The van der Waals surface area contributed by atoms with E-state index in [0.29, 0.717) is 10.4 Å². The van der Waals surface area contributed by atoms with Crippen molar-refractivity contribution < 1.29 is 7.84 Å². The van der Waals surface area contributed by atoms with Gasteiger partial charge in [-0.25, -0.2) is 0 Å². The molecule has 7 heavy (non-hydrogen) atoms. The van der Waals surface area contributed by atoms with Gasteiger partial charge in [-0.1, -0.05) is 0 Å². The summed E-state index contributed by atoms with van der Waals surface area (Å²) in [6.07, 6.45) is 0. The average molecular weight is 166 g/mol. The van der Waals surface area contributed by atoms with Crippen molar-refractivity contribution in [3.05, 3.63) is 0 Å².